The minimum Gasteiger partial charge on any atom is -0.256 e. The largest absolute Gasteiger partial charge is 0.256 e. The molecule has 0 amide bonds. The van der Waals surface area contributed by atoms with Gasteiger partial charge in [-0.2, -0.15) is 0 Å². The van der Waals surface area contributed by atoms with Crippen molar-refractivity contribution in [3.05, 3.63) is 53.7 Å². The van der Waals surface area contributed by atoms with Crippen LogP contribution >= 0.6 is 0 Å². The third kappa shape index (κ3) is 4.85. The standard InChI is InChI=1S/C27H37N/c1-3-7-14-22(15-8-4-1)24-18-13-19-25(23-16-9-5-2-6-10-17-23)27(24)26-20-11-12-21-28-26/h11-13,18-23H,1-10,14-17H2. The van der Waals surface area contributed by atoms with Gasteiger partial charge in [0.05, 0.1) is 5.69 Å². The molecule has 28 heavy (non-hydrogen) atoms. The second kappa shape index (κ2) is 10.2. The SMILES string of the molecule is c1ccc(-c2c(C3CCCCCCC3)cccc2C2CCCCCCC2)nc1. The summed E-state index contributed by atoms with van der Waals surface area (Å²) < 4.78 is 0. The Kier molecular flexibility index (Phi) is 7.19. The fraction of sp³-hybridized carbons (Fsp3) is 0.593. The Morgan fingerprint density at radius 3 is 1.50 bits per heavy atom. The van der Waals surface area contributed by atoms with E-state index >= 15 is 0 Å². The van der Waals surface area contributed by atoms with Crippen LogP contribution in [-0.2, 0) is 0 Å². The average Bonchev–Trinajstić information content (AvgIpc) is 2.68. The first-order valence-corrected chi connectivity index (χ1v) is 12.0. The number of hydrogen-bond donors (Lipinski definition) is 0. The van der Waals surface area contributed by atoms with Crippen molar-refractivity contribution in [2.45, 2.75) is 102 Å². The number of nitrogens with zero attached hydrogens (tertiary/aromatic N) is 1. The molecule has 0 spiro atoms. The summed E-state index contributed by atoms with van der Waals surface area (Å²) in [6, 6.07) is 13.7. The van der Waals surface area contributed by atoms with E-state index in [1.807, 2.05) is 6.20 Å². The lowest BCUT2D eigenvalue weighted by Crippen LogP contribution is -2.10. The number of hydrogen-bond acceptors (Lipinski definition) is 1. The molecule has 2 aliphatic rings. The van der Waals surface area contributed by atoms with Crippen molar-refractivity contribution in [1.82, 2.24) is 4.98 Å². The lowest BCUT2D eigenvalue weighted by molar-refractivity contribution is 0.449. The fourth-order valence-corrected chi connectivity index (χ4v) is 5.61. The predicted octanol–water partition coefficient (Wildman–Crippen LogP) is 8.40. The minimum atomic E-state index is 0.714. The van der Waals surface area contributed by atoms with Crippen molar-refractivity contribution in [2.75, 3.05) is 0 Å². The van der Waals surface area contributed by atoms with Crippen molar-refractivity contribution in [1.29, 1.82) is 0 Å². The first-order chi connectivity index (χ1) is 13.9. The van der Waals surface area contributed by atoms with Crippen molar-refractivity contribution in [3.8, 4) is 11.3 Å². The lowest BCUT2D eigenvalue weighted by atomic mass is 9.77. The van der Waals surface area contributed by atoms with Crippen LogP contribution in [0.3, 0.4) is 0 Å². The van der Waals surface area contributed by atoms with Gasteiger partial charge in [-0.3, -0.25) is 4.98 Å². The quantitative estimate of drug-likeness (QED) is 0.524. The van der Waals surface area contributed by atoms with Gasteiger partial charge in [-0.15, -0.1) is 0 Å². The zero-order valence-corrected chi connectivity index (χ0v) is 17.5. The van der Waals surface area contributed by atoms with E-state index in [4.69, 9.17) is 4.98 Å². The Bertz CT molecular complexity index is 664. The van der Waals surface area contributed by atoms with E-state index in [0.29, 0.717) is 11.8 Å². The van der Waals surface area contributed by atoms with E-state index < -0.39 is 0 Å². The molecule has 1 aromatic heterocycles. The Morgan fingerprint density at radius 2 is 1.04 bits per heavy atom. The smallest absolute Gasteiger partial charge is 0.0707 e. The fourth-order valence-electron chi connectivity index (χ4n) is 5.61. The molecule has 0 atom stereocenters. The predicted molar refractivity (Wildman–Crippen MR) is 120 cm³/mol. The summed E-state index contributed by atoms with van der Waals surface area (Å²) in [6.45, 7) is 0. The van der Waals surface area contributed by atoms with E-state index in [1.165, 1.54) is 101 Å². The number of aromatic nitrogens is 1. The van der Waals surface area contributed by atoms with Gasteiger partial charge in [0.2, 0.25) is 0 Å². The summed E-state index contributed by atoms with van der Waals surface area (Å²) in [6.07, 6.45) is 21.5. The van der Waals surface area contributed by atoms with Crippen LogP contribution < -0.4 is 0 Å². The zero-order valence-electron chi connectivity index (χ0n) is 17.5. The van der Waals surface area contributed by atoms with Gasteiger partial charge >= 0.3 is 0 Å². The normalized spacial score (nSPS) is 20.7. The molecule has 2 fully saturated rings. The minimum absolute atomic E-state index is 0.714. The third-order valence-electron chi connectivity index (χ3n) is 7.14. The van der Waals surface area contributed by atoms with E-state index in [1.54, 1.807) is 11.1 Å². The second-order valence-corrected chi connectivity index (χ2v) is 9.11. The van der Waals surface area contributed by atoms with Crippen molar-refractivity contribution >= 4 is 0 Å². The van der Waals surface area contributed by atoms with E-state index in [9.17, 15) is 0 Å². The molecule has 150 valence electrons. The Balaban J connectivity index is 1.74. The highest BCUT2D eigenvalue weighted by Crippen LogP contribution is 2.42. The summed E-state index contributed by atoms with van der Waals surface area (Å²) in [5.74, 6) is 1.43. The van der Waals surface area contributed by atoms with Crippen LogP contribution in [0.2, 0.25) is 0 Å². The Hall–Kier alpha value is -1.63. The second-order valence-electron chi connectivity index (χ2n) is 9.11. The number of benzene rings is 1. The molecule has 0 radical (unpaired) electrons. The van der Waals surface area contributed by atoms with Gasteiger partial charge in [-0.1, -0.05) is 88.5 Å². The zero-order chi connectivity index (χ0) is 19.0. The van der Waals surface area contributed by atoms with Crippen molar-refractivity contribution in [2.24, 2.45) is 0 Å². The topological polar surface area (TPSA) is 12.9 Å². The number of pyridine rings is 1. The van der Waals surface area contributed by atoms with Gasteiger partial charge < -0.3 is 0 Å². The average molecular weight is 376 g/mol. The molecule has 1 heteroatoms. The van der Waals surface area contributed by atoms with Crippen LogP contribution in [0.15, 0.2) is 42.6 Å². The molecule has 0 unspecified atom stereocenters. The van der Waals surface area contributed by atoms with Crippen molar-refractivity contribution in [3.63, 3.8) is 0 Å². The molecule has 4 rings (SSSR count). The van der Waals surface area contributed by atoms with Gasteiger partial charge in [0.25, 0.3) is 0 Å². The summed E-state index contributed by atoms with van der Waals surface area (Å²) in [5.41, 5.74) is 5.90. The van der Waals surface area contributed by atoms with E-state index in [-0.39, 0.29) is 0 Å². The first-order valence-electron chi connectivity index (χ1n) is 12.0. The summed E-state index contributed by atoms with van der Waals surface area (Å²) >= 11 is 0. The highest BCUT2D eigenvalue weighted by molar-refractivity contribution is 5.69. The van der Waals surface area contributed by atoms with Crippen LogP contribution in [0, 0.1) is 0 Å². The monoisotopic (exact) mass is 375 g/mol. The van der Waals surface area contributed by atoms with Crippen molar-refractivity contribution < 1.29 is 0 Å². The molecular formula is C27H37N. The molecular weight excluding hydrogens is 338 g/mol. The molecule has 1 nitrogen and oxygen atoms in total. The Morgan fingerprint density at radius 1 is 0.536 bits per heavy atom. The molecule has 2 aliphatic carbocycles. The maximum atomic E-state index is 4.84. The summed E-state index contributed by atoms with van der Waals surface area (Å²) in [4.78, 5) is 4.84. The summed E-state index contributed by atoms with van der Waals surface area (Å²) in [5, 5.41) is 0. The van der Waals surface area contributed by atoms with E-state index in [0.717, 1.165) is 0 Å². The molecule has 1 aromatic carbocycles. The van der Waals surface area contributed by atoms with Crippen LogP contribution in [0.5, 0.6) is 0 Å². The highest BCUT2D eigenvalue weighted by Gasteiger charge is 2.24. The van der Waals surface area contributed by atoms with Gasteiger partial charge in [0, 0.05) is 11.8 Å². The van der Waals surface area contributed by atoms with Crippen LogP contribution in [-0.4, -0.2) is 4.98 Å². The third-order valence-corrected chi connectivity index (χ3v) is 7.14. The van der Waals surface area contributed by atoms with Gasteiger partial charge in [0.1, 0.15) is 0 Å². The molecule has 0 aliphatic heterocycles. The maximum absolute atomic E-state index is 4.84. The highest BCUT2D eigenvalue weighted by atomic mass is 14.7. The molecule has 1 heterocycles. The molecule has 2 saturated carbocycles. The van der Waals surface area contributed by atoms with Gasteiger partial charge in [0.15, 0.2) is 0 Å². The molecule has 0 bridgehead atoms. The number of rotatable bonds is 3. The first kappa shape index (κ1) is 19.7. The maximum Gasteiger partial charge on any atom is 0.0707 e. The van der Waals surface area contributed by atoms with Gasteiger partial charge in [-0.25, -0.2) is 0 Å². The van der Waals surface area contributed by atoms with Crippen LogP contribution in [0.25, 0.3) is 11.3 Å². The molecule has 0 N–H and O–H groups in total. The Labute approximate surface area is 172 Å². The van der Waals surface area contributed by atoms with E-state index in [2.05, 4.69) is 36.4 Å². The lowest BCUT2D eigenvalue weighted by Gasteiger charge is -2.28. The molecule has 0 saturated heterocycles. The summed E-state index contributed by atoms with van der Waals surface area (Å²) in [7, 11) is 0. The van der Waals surface area contributed by atoms with Crippen LogP contribution in [0.4, 0.5) is 0 Å². The molecule has 2 aromatic rings. The van der Waals surface area contributed by atoms with Gasteiger partial charge in [-0.05, 0) is 60.8 Å². The van der Waals surface area contributed by atoms with Crippen LogP contribution in [0.1, 0.15) is 113 Å².